The molecule has 3 rings (SSSR count). The Morgan fingerprint density at radius 2 is 2.29 bits per heavy atom. The average Bonchev–Trinajstić information content (AvgIpc) is 2.37. The van der Waals surface area contributed by atoms with Gasteiger partial charge in [-0.05, 0) is 36.3 Å². The van der Waals surface area contributed by atoms with Gasteiger partial charge in [0.2, 0.25) is 0 Å². The van der Waals surface area contributed by atoms with Crippen LogP contribution in [0.15, 0.2) is 29.3 Å². The second-order valence-electron chi connectivity index (χ2n) is 4.19. The number of allylic oxidation sites excluding steroid dienone is 1. The van der Waals surface area contributed by atoms with Crippen molar-refractivity contribution in [2.75, 3.05) is 20.3 Å². The maximum atomic E-state index is 5.98. The van der Waals surface area contributed by atoms with Crippen molar-refractivity contribution < 1.29 is 4.74 Å². The summed E-state index contributed by atoms with van der Waals surface area (Å²) in [7, 11) is 1.69. The Bertz CT molecular complexity index is 522. The van der Waals surface area contributed by atoms with Crippen molar-refractivity contribution in [2.24, 2.45) is 4.99 Å². The Morgan fingerprint density at radius 1 is 1.41 bits per heavy atom. The monoisotopic (exact) mass is 248 g/mol. The first-order valence-corrected chi connectivity index (χ1v) is 5.99. The van der Waals surface area contributed by atoms with E-state index >= 15 is 0 Å². The van der Waals surface area contributed by atoms with Crippen LogP contribution in [-0.2, 0) is 6.42 Å². The first-order chi connectivity index (χ1) is 8.28. The highest BCUT2D eigenvalue weighted by Crippen LogP contribution is 2.32. The molecule has 3 nitrogen and oxygen atoms in total. The summed E-state index contributed by atoms with van der Waals surface area (Å²) < 4.78 is 5.25. The van der Waals surface area contributed by atoms with Crippen molar-refractivity contribution in [2.45, 2.75) is 6.42 Å². The SMILES string of the molecule is COc1ccc2c(c1)CCN1CN=C(Cl)C=C21. The summed E-state index contributed by atoms with van der Waals surface area (Å²) in [5.41, 5.74) is 3.73. The summed E-state index contributed by atoms with van der Waals surface area (Å²) in [5, 5.41) is 0.583. The van der Waals surface area contributed by atoms with Gasteiger partial charge in [-0.15, -0.1) is 0 Å². The second kappa shape index (κ2) is 4.08. The number of benzene rings is 1. The number of hydrogen-bond acceptors (Lipinski definition) is 3. The minimum atomic E-state index is 0.583. The smallest absolute Gasteiger partial charge is 0.127 e. The van der Waals surface area contributed by atoms with Crippen molar-refractivity contribution in [3.05, 3.63) is 35.4 Å². The summed E-state index contributed by atoms with van der Waals surface area (Å²) in [5.74, 6) is 0.911. The summed E-state index contributed by atoms with van der Waals surface area (Å²) in [6, 6.07) is 6.19. The summed E-state index contributed by atoms with van der Waals surface area (Å²) in [6.07, 6.45) is 2.96. The first-order valence-electron chi connectivity index (χ1n) is 5.62. The van der Waals surface area contributed by atoms with E-state index in [0.717, 1.165) is 18.7 Å². The highest BCUT2D eigenvalue weighted by Gasteiger charge is 2.23. The molecule has 0 N–H and O–H groups in total. The molecule has 0 unspecified atom stereocenters. The quantitative estimate of drug-likeness (QED) is 0.763. The standard InChI is InChI=1S/C13H13ClN2O/c1-17-10-2-3-11-9(6-10)4-5-16-8-15-13(14)7-12(11)16/h2-3,6-7H,4-5,8H2,1H3. The van der Waals surface area contributed by atoms with E-state index in [1.54, 1.807) is 7.11 Å². The Balaban J connectivity index is 2.08. The van der Waals surface area contributed by atoms with Crippen molar-refractivity contribution in [1.29, 1.82) is 0 Å². The van der Waals surface area contributed by atoms with Crippen LogP contribution < -0.4 is 4.74 Å². The third kappa shape index (κ3) is 1.80. The maximum Gasteiger partial charge on any atom is 0.127 e. The van der Waals surface area contributed by atoms with Crippen LogP contribution in [0.2, 0.25) is 0 Å². The van der Waals surface area contributed by atoms with Crippen molar-refractivity contribution in [1.82, 2.24) is 4.90 Å². The Kier molecular flexibility index (Phi) is 2.56. The molecule has 0 saturated heterocycles. The van der Waals surface area contributed by atoms with Gasteiger partial charge in [-0.3, -0.25) is 4.99 Å². The zero-order chi connectivity index (χ0) is 11.8. The van der Waals surface area contributed by atoms with Crippen LogP contribution in [0.25, 0.3) is 5.70 Å². The number of hydrogen-bond donors (Lipinski definition) is 0. The molecular formula is C13H13ClN2O. The lowest BCUT2D eigenvalue weighted by atomic mass is 9.96. The fourth-order valence-electron chi connectivity index (χ4n) is 2.33. The highest BCUT2D eigenvalue weighted by molar-refractivity contribution is 6.69. The molecule has 1 aromatic rings. The molecule has 0 aromatic heterocycles. The molecular weight excluding hydrogens is 236 g/mol. The Morgan fingerprint density at radius 3 is 3.12 bits per heavy atom. The molecule has 0 amide bonds. The van der Waals surface area contributed by atoms with Gasteiger partial charge in [0.15, 0.2) is 0 Å². The van der Waals surface area contributed by atoms with Gasteiger partial charge in [0, 0.05) is 17.8 Å². The van der Waals surface area contributed by atoms with E-state index in [1.807, 2.05) is 12.1 Å². The molecule has 2 heterocycles. The number of rotatable bonds is 1. The highest BCUT2D eigenvalue weighted by atomic mass is 35.5. The molecule has 0 saturated carbocycles. The number of methoxy groups -OCH3 is 1. The fourth-order valence-corrected chi connectivity index (χ4v) is 2.48. The van der Waals surface area contributed by atoms with Crippen LogP contribution in [0.3, 0.4) is 0 Å². The van der Waals surface area contributed by atoms with Crippen LogP contribution in [0.5, 0.6) is 5.75 Å². The molecule has 0 bridgehead atoms. The summed E-state index contributed by atoms with van der Waals surface area (Å²) in [4.78, 5) is 6.48. The lowest BCUT2D eigenvalue weighted by molar-refractivity contribution is 0.395. The first kappa shape index (κ1) is 10.7. The lowest BCUT2D eigenvalue weighted by Gasteiger charge is -2.34. The molecule has 2 aliphatic rings. The van der Waals surface area contributed by atoms with Gasteiger partial charge in [-0.1, -0.05) is 11.6 Å². The second-order valence-corrected chi connectivity index (χ2v) is 4.58. The van der Waals surface area contributed by atoms with E-state index in [-0.39, 0.29) is 0 Å². The minimum absolute atomic E-state index is 0.583. The van der Waals surface area contributed by atoms with E-state index in [2.05, 4.69) is 22.0 Å². The van der Waals surface area contributed by atoms with E-state index in [0.29, 0.717) is 11.8 Å². The van der Waals surface area contributed by atoms with Crippen molar-refractivity contribution in [3.63, 3.8) is 0 Å². The molecule has 0 aliphatic carbocycles. The van der Waals surface area contributed by atoms with Gasteiger partial charge in [-0.25, -0.2) is 0 Å². The van der Waals surface area contributed by atoms with Crippen LogP contribution in [0.1, 0.15) is 11.1 Å². The van der Waals surface area contributed by atoms with E-state index < -0.39 is 0 Å². The lowest BCUT2D eigenvalue weighted by Crippen LogP contribution is -2.32. The third-order valence-corrected chi connectivity index (χ3v) is 3.46. The Labute approximate surface area is 105 Å². The van der Waals surface area contributed by atoms with Gasteiger partial charge in [-0.2, -0.15) is 0 Å². The van der Waals surface area contributed by atoms with Gasteiger partial charge in [0.05, 0.1) is 7.11 Å². The molecule has 4 heteroatoms. The predicted octanol–water partition coefficient (Wildman–Crippen LogP) is 2.50. The number of aliphatic imine (C=N–C) groups is 1. The van der Waals surface area contributed by atoms with Crippen LogP contribution in [-0.4, -0.2) is 30.4 Å². The van der Waals surface area contributed by atoms with Crippen molar-refractivity contribution >= 4 is 22.5 Å². The van der Waals surface area contributed by atoms with Gasteiger partial charge >= 0.3 is 0 Å². The zero-order valence-electron chi connectivity index (χ0n) is 9.61. The zero-order valence-corrected chi connectivity index (χ0v) is 10.4. The van der Waals surface area contributed by atoms with Gasteiger partial charge in [0.1, 0.15) is 17.6 Å². The summed E-state index contributed by atoms with van der Waals surface area (Å²) in [6.45, 7) is 1.65. The fraction of sp³-hybridized carbons (Fsp3) is 0.308. The molecule has 2 aliphatic heterocycles. The minimum Gasteiger partial charge on any atom is -0.497 e. The van der Waals surface area contributed by atoms with Crippen LogP contribution in [0, 0.1) is 0 Å². The molecule has 0 fully saturated rings. The molecule has 0 radical (unpaired) electrons. The van der Waals surface area contributed by atoms with Crippen molar-refractivity contribution in [3.8, 4) is 5.75 Å². The molecule has 17 heavy (non-hydrogen) atoms. The number of ether oxygens (including phenoxy) is 1. The van der Waals surface area contributed by atoms with Gasteiger partial charge in [0.25, 0.3) is 0 Å². The Hall–Kier alpha value is -1.48. The number of nitrogens with zero attached hydrogens (tertiary/aromatic N) is 2. The molecule has 1 aromatic carbocycles. The molecule has 88 valence electrons. The van der Waals surface area contributed by atoms with E-state index in [9.17, 15) is 0 Å². The van der Waals surface area contributed by atoms with Crippen LogP contribution in [0.4, 0.5) is 0 Å². The number of fused-ring (bicyclic) bond motifs is 3. The summed E-state index contributed by atoms with van der Waals surface area (Å²) >= 11 is 5.98. The topological polar surface area (TPSA) is 24.8 Å². The molecule has 0 atom stereocenters. The number of halogens is 1. The largest absolute Gasteiger partial charge is 0.497 e. The van der Waals surface area contributed by atoms with Crippen LogP contribution >= 0.6 is 11.6 Å². The third-order valence-electron chi connectivity index (χ3n) is 3.23. The van der Waals surface area contributed by atoms with E-state index in [1.165, 1.54) is 16.8 Å². The normalized spacial score (nSPS) is 17.9. The molecule has 0 spiro atoms. The van der Waals surface area contributed by atoms with E-state index in [4.69, 9.17) is 16.3 Å². The predicted molar refractivity (Wildman–Crippen MR) is 69.5 cm³/mol. The van der Waals surface area contributed by atoms with Gasteiger partial charge < -0.3 is 9.64 Å². The maximum absolute atomic E-state index is 5.98. The average molecular weight is 249 g/mol.